The first kappa shape index (κ1) is 15.0. The Morgan fingerprint density at radius 3 is 2.67 bits per heavy atom. The Bertz CT molecular complexity index is 421. The molecule has 1 aromatic rings. The van der Waals surface area contributed by atoms with Crippen molar-refractivity contribution in [3.8, 4) is 0 Å². The van der Waals surface area contributed by atoms with Gasteiger partial charge in [-0.15, -0.1) is 0 Å². The average molecular weight is 314 g/mol. The fraction of sp³-hybridized carbons (Fsp3) is 0.462. The topological polar surface area (TPSA) is 58.4 Å². The van der Waals surface area contributed by atoms with Crippen LogP contribution in [0.1, 0.15) is 19.4 Å². The number of carbonyl (C=O) groups excluding carboxylic acids is 1. The lowest BCUT2D eigenvalue weighted by atomic mass is 10.2. The zero-order chi connectivity index (χ0) is 13.7. The van der Waals surface area contributed by atoms with E-state index in [2.05, 4.69) is 35.1 Å². The molecule has 100 valence electrons. The normalized spacial score (nSPS) is 10.7. The molecule has 1 aromatic carbocycles. The number of primary amides is 1. The lowest BCUT2D eigenvalue weighted by molar-refractivity contribution is -0.116. The van der Waals surface area contributed by atoms with E-state index in [1.54, 1.807) is 0 Å². The smallest absolute Gasteiger partial charge is 0.236 e. The monoisotopic (exact) mass is 313 g/mol. The van der Waals surface area contributed by atoms with Crippen molar-refractivity contribution >= 4 is 27.5 Å². The van der Waals surface area contributed by atoms with Gasteiger partial charge < -0.3 is 16.0 Å². The molecular weight excluding hydrogens is 294 g/mol. The average Bonchev–Trinajstić information content (AvgIpc) is 2.26. The van der Waals surface area contributed by atoms with Crippen LogP contribution < -0.4 is 16.0 Å². The molecule has 0 heterocycles. The summed E-state index contributed by atoms with van der Waals surface area (Å²) in [4.78, 5) is 12.7. The predicted octanol–water partition coefficient (Wildman–Crippen LogP) is 1.87. The molecule has 0 radical (unpaired) electrons. The Kier molecular flexibility index (Phi) is 5.62. The van der Waals surface area contributed by atoms with Gasteiger partial charge in [-0.05, 0) is 17.7 Å². The van der Waals surface area contributed by atoms with Gasteiger partial charge in [-0.1, -0.05) is 35.8 Å². The Morgan fingerprint density at radius 1 is 1.50 bits per heavy atom. The van der Waals surface area contributed by atoms with E-state index in [9.17, 15) is 4.79 Å². The minimum atomic E-state index is -0.334. The van der Waals surface area contributed by atoms with Gasteiger partial charge in [0.2, 0.25) is 5.91 Å². The van der Waals surface area contributed by atoms with Crippen molar-refractivity contribution in [3.05, 3.63) is 28.2 Å². The molecule has 0 aromatic heterocycles. The van der Waals surface area contributed by atoms with Crippen LogP contribution in [0.15, 0.2) is 22.7 Å². The van der Waals surface area contributed by atoms with Crippen molar-refractivity contribution in [2.45, 2.75) is 26.4 Å². The molecule has 0 spiro atoms. The number of benzene rings is 1. The summed E-state index contributed by atoms with van der Waals surface area (Å²) < 4.78 is 1.03. The number of nitrogens with zero attached hydrogens (tertiary/aromatic N) is 1. The van der Waals surface area contributed by atoms with Gasteiger partial charge >= 0.3 is 0 Å². The highest BCUT2D eigenvalue weighted by Gasteiger charge is 2.07. The molecule has 0 aliphatic carbocycles. The quantitative estimate of drug-likeness (QED) is 0.843. The number of likely N-dealkylation sites (N-methyl/N-ethyl adjacent to an activating group) is 1. The third-order valence-corrected chi connectivity index (χ3v) is 3.31. The van der Waals surface area contributed by atoms with Gasteiger partial charge in [0.25, 0.3) is 0 Å². The Morgan fingerprint density at radius 2 is 2.17 bits per heavy atom. The van der Waals surface area contributed by atoms with E-state index in [0.29, 0.717) is 6.04 Å². The van der Waals surface area contributed by atoms with Crippen LogP contribution >= 0.6 is 15.9 Å². The number of halogens is 1. The van der Waals surface area contributed by atoms with Gasteiger partial charge in [-0.25, -0.2) is 0 Å². The van der Waals surface area contributed by atoms with E-state index in [0.717, 1.165) is 16.7 Å². The third kappa shape index (κ3) is 4.66. The summed E-state index contributed by atoms with van der Waals surface area (Å²) in [5.74, 6) is -0.334. The molecule has 0 aliphatic heterocycles. The molecule has 1 rings (SSSR count). The molecule has 0 unspecified atom stereocenters. The van der Waals surface area contributed by atoms with Crippen LogP contribution in [0.25, 0.3) is 0 Å². The predicted molar refractivity (Wildman–Crippen MR) is 78.6 cm³/mol. The van der Waals surface area contributed by atoms with E-state index in [1.807, 2.05) is 30.1 Å². The Hall–Kier alpha value is -1.07. The number of anilines is 1. The van der Waals surface area contributed by atoms with Gasteiger partial charge in [0.1, 0.15) is 0 Å². The van der Waals surface area contributed by atoms with E-state index in [-0.39, 0.29) is 12.5 Å². The summed E-state index contributed by atoms with van der Waals surface area (Å²) >= 11 is 3.55. The molecule has 4 nitrogen and oxygen atoms in total. The molecular formula is C13H20BrN3O. The zero-order valence-corrected chi connectivity index (χ0v) is 12.6. The summed E-state index contributed by atoms with van der Waals surface area (Å²) in [5, 5.41) is 3.37. The van der Waals surface area contributed by atoms with Crippen LogP contribution in [-0.4, -0.2) is 25.5 Å². The van der Waals surface area contributed by atoms with Gasteiger partial charge in [-0.3, -0.25) is 4.79 Å². The summed E-state index contributed by atoms with van der Waals surface area (Å²) in [6, 6.07) is 6.49. The van der Waals surface area contributed by atoms with Crippen molar-refractivity contribution in [1.29, 1.82) is 0 Å². The second-order valence-electron chi connectivity index (χ2n) is 4.63. The van der Waals surface area contributed by atoms with Gasteiger partial charge in [-0.2, -0.15) is 0 Å². The number of rotatable bonds is 6. The summed E-state index contributed by atoms with van der Waals surface area (Å²) in [5.41, 5.74) is 7.34. The third-order valence-electron chi connectivity index (χ3n) is 2.57. The number of nitrogens with two attached hydrogens (primary N) is 1. The summed E-state index contributed by atoms with van der Waals surface area (Å²) in [6.45, 7) is 5.26. The standard InChI is InChI=1S/C13H20BrN3O/c1-9(2)16-7-10-4-5-11(6-12(10)14)17(3)8-13(15)18/h4-6,9,16H,7-8H2,1-3H3,(H2,15,18). The van der Waals surface area contributed by atoms with E-state index >= 15 is 0 Å². The molecule has 3 N–H and O–H groups in total. The van der Waals surface area contributed by atoms with Crippen molar-refractivity contribution in [3.63, 3.8) is 0 Å². The van der Waals surface area contributed by atoms with Crippen molar-refractivity contribution < 1.29 is 4.79 Å². The number of amides is 1. The number of carbonyl (C=O) groups is 1. The van der Waals surface area contributed by atoms with Crippen LogP contribution in [0.5, 0.6) is 0 Å². The van der Waals surface area contributed by atoms with E-state index < -0.39 is 0 Å². The molecule has 0 atom stereocenters. The highest BCUT2D eigenvalue weighted by molar-refractivity contribution is 9.10. The molecule has 1 amide bonds. The molecule has 5 heteroatoms. The van der Waals surface area contributed by atoms with Crippen LogP contribution in [0, 0.1) is 0 Å². The SMILES string of the molecule is CC(C)NCc1ccc(N(C)CC(N)=O)cc1Br. The fourth-order valence-corrected chi connectivity index (χ4v) is 2.06. The first-order chi connectivity index (χ1) is 8.40. The lowest BCUT2D eigenvalue weighted by Gasteiger charge is -2.19. The van der Waals surface area contributed by atoms with Gasteiger partial charge in [0, 0.05) is 29.8 Å². The molecule has 0 saturated carbocycles. The Balaban J connectivity index is 2.75. The summed E-state index contributed by atoms with van der Waals surface area (Å²) in [7, 11) is 1.85. The number of hydrogen-bond donors (Lipinski definition) is 2. The zero-order valence-electron chi connectivity index (χ0n) is 11.0. The first-order valence-corrected chi connectivity index (χ1v) is 6.70. The highest BCUT2D eigenvalue weighted by atomic mass is 79.9. The summed E-state index contributed by atoms with van der Waals surface area (Å²) in [6.07, 6.45) is 0. The van der Waals surface area contributed by atoms with E-state index in [1.165, 1.54) is 5.56 Å². The Labute approximate surface area is 117 Å². The van der Waals surface area contributed by atoms with Gasteiger partial charge in [0.15, 0.2) is 0 Å². The fourth-order valence-electron chi connectivity index (χ4n) is 1.56. The van der Waals surface area contributed by atoms with Gasteiger partial charge in [0.05, 0.1) is 6.54 Å². The molecule has 0 aliphatic rings. The number of nitrogens with one attached hydrogen (secondary N) is 1. The second-order valence-corrected chi connectivity index (χ2v) is 5.49. The molecule has 0 bridgehead atoms. The number of hydrogen-bond acceptors (Lipinski definition) is 3. The van der Waals surface area contributed by atoms with Crippen LogP contribution in [-0.2, 0) is 11.3 Å². The minimum Gasteiger partial charge on any atom is -0.368 e. The van der Waals surface area contributed by atoms with Crippen LogP contribution in [0.3, 0.4) is 0 Å². The first-order valence-electron chi connectivity index (χ1n) is 5.91. The highest BCUT2D eigenvalue weighted by Crippen LogP contribution is 2.23. The molecule has 0 fully saturated rings. The molecule has 0 saturated heterocycles. The van der Waals surface area contributed by atoms with E-state index in [4.69, 9.17) is 5.73 Å². The van der Waals surface area contributed by atoms with Crippen molar-refractivity contribution in [2.75, 3.05) is 18.5 Å². The van der Waals surface area contributed by atoms with Crippen molar-refractivity contribution in [2.24, 2.45) is 5.73 Å². The maximum Gasteiger partial charge on any atom is 0.236 e. The lowest BCUT2D eigenvalue weighted by Crippen LogP contribution is -2.30. The van der Waals surface area contributed by atoms with Crippen LogP contribution in [0.4, 0.5) is 5.69 Å². The minimum absolute atomic E-state index is 0.218. The largest absolute Gasteiger partial charge is 0.368 e. The van der Waals surface area contributed by atoms with Crippen molar-refractivity contribution in [1.82, 2.24) is 5.32 Å². The maximum atomic E-state index is 10.9. The molecule has 18 heavy (non-hydrogen) atoms. The van der Waals surface area contributed by atoms with Crippen LogP contribution in [0.2, 0.25) is 0 Å². The maximum absolute atomic E-state index is 10.9. The second kappa shape index (κ2) is 6.75.